The number of aliphatic hydroxyl groups excluding tert-OH is 1. The van der Waals surface area contributed by atoms with Crippen LogP contribution in [0.3, 0.4) is 0 Å². The van der Waals surface area contributed by atoms with Gasteiger partial charge in [-0.3, -0.25) is 0 Å². The van der Waals surface area contributed by atoms with Gasteiger partial charge in [-0.1, -0.05) is 37.6 Å². The zero-order chi connectivity index (χ0) is 10.8. The second-order valence-electron chi connectivity index (χ2n) is 5.08. The van der Waals surface area contributed by atoms with Crippen LogP contribution >= 0.6 is 0 Å². The molecule has 1 N–H and O–H groups in total. The lowest BCUT2D eigenvalue weighted by atomic mass is 9.68. The summed E-state index contributed by atoms with van der Waals surface area (Å²) in [5.74, 6) is 0.492. The molecule has 0 heterocycles. The molecule has 0 aliphatic heterocycles. The van der Waals surface area contributed by atoms with Gasteiger partial charge in [-0.25, -0.2) is 0 Å². The Kier molecular flexibility index (Phi) is 3.54. The average molecular weight is 194 g/mol. The maximum absolute atomic E-state index is 9.23. The van der Waals surface area contributed by atoms with Crippen molar-refractivity contribution >= 4 is 0 Å². The Morgan fingerprint density at radius 2 is 2.21 bits per heavy atom. The van der Waals surface area contributed by atoms with Crippen LogP contribution in [0.5, 0.6) is 0 Å². The van der Waals surface area contributed by atoms with E-state index in [1.165, 1.54) is 18.4 Å². The van der Waals surface area contributed by atoms with Crippen molar-refractivity contribution in [3.63, 3.8) is 0 Å². The summed E-state index contributed by atoms with van der Waals surface area (Å²) in [6.45, 7) is 8.60. The monoisotopic (exact) mass is 194 g/mol. The number of allylic oxidation sites excluding steroid dienone is 3. The van der Waals surface area contributed by atoms with E-state index in [0.29, 0.717) is 11.3 Å². The van der Waals surface area contributed by atoms with Crippen LogP contribution in [-0.2, 0) is 0 Å². The smallest absolute Gasteiger partial charge is 0.0692 e. The summed E-state index contributed by atoms with van der Waals surface area (Å²) in [5.41, 5.74) is 1.78. The van der Waals surface area contributed by atoms with E-state index in [2.05, 4.69) is 32.9 Å². The maximum Gasteiger partial charge on any atom is 0.0692 e. The first-order chi connectivity index (χ1) is 6.43. The number of rotatable bonds is 2. The fourth-order valence-corrected chi connectivity index (χ4v) is 2.25. The second-order valence-corrected chi connectivity index (χ2v) is 5.08. The fraction of sp³-hybridized carbons (Fsp3) is 0.692. The molecule has 0 amide bonds. The predicted octanol–water partition coefficient (Wildman–Crippen LogP) is 3.31. The van der Waals surface area contributed by atoms with E-state index >= 15 is 0 Å². The van der Waals surface area contributed by atoms with Crippen LogP contribution in [0.2, 0.25) is 0 Å². The highest BCUT2D eigenvalue weighted by molar-refractivity contribution is 5.19. The summed E-state index contributed by atoms with van der Waals surface area (Å²) in [5, 5.41) is 9.23. The van der Waals surface area contributed by atoms with Crippen LogP contribution in [0.25, 0.3) is 0 Å². The molecule has 0 saturated carbocycles. The zero-order valence-electron chi connectivity index (χ0n) is 9.75. The van der Waals surface area contributed by atoms with E-state index < -0.39 is 0 Å². The molecule has 0 unspecified atom stereocenters. The molecule has 0 bridgehead atoms. The van der Waals surface area contributed by atoms with Crippen LogP contribution in [0, 0.1) is 11.3 Å². The molecule has 0 aromatic rings. The fourth-order valence-electron chi connectivity index (χ4n) is 2.25. The number of aliphatic hydroxyl groups is 1. The molecule has 2 atom stereocenters. The third-order valence-corrected chi connectivity index (χ3v) is 3.17. The highest BCUT2D eigenvalue weighted by atomic mass is 16.3. The Hall–Kier alpha value is -0.560. The van der Waals surface area contributed by atoms with Crippen LogP contribution < -0.4 is 0 Å². The Labute approximate surface area is 87.5 Å². The van der Waals surface area contributed by atoms with Gasteiger partial charge in [0.25, 0.3) is 0 Å². The lowest BCUT2D eigenvalue weighted by Gasteiger charge is -2.36. The van der Waals surface area contributed by atoms with E-state index in [1.807, 2.05) is 6.08 Å². The van der Waals surface area contributed by atoms with E-state index in [4.69, 9.17) is 0 Å². The third-order valence-electron chi connectivity index (χ3n) is 3.17. The molecule has 0 saturated heterocycles. The molecule has 1 aliphatic carbocycles. The lowest BCUT2D eigenvalue weighted by Crippen LogP contribution is -2.26. The minimum absolute atomic E-state index is 0.333. The molecule has 14 heavy (non-hydrogen) atoms. The standard InChI is InChI=1S/C13H22O/c1-10-6-5-9-13(3,4)12(10)8-7-11(2)14/h6-8,11-12,14H,5,9H2,1-4H3/t11-,12+/m0/s1. The lowest BCUT2D eigenvalue weighted by molar-refractivity contribution is 0.234. The average Bonchev–Trinajstić information content (AvgIpc) is 2.01. The largest absolute Gasteiger partial charge is 0.389 e. The molecule has 0 radical (unpaired) electrons. The van der Waals surface area contributed by atoms with Gasteiger partial charge < -0.3 is 5.11 Å². The molecule has 1 aliphatic rings. The SMILES string of the molecule is CC1=CCCC(C)(C)[C@@H]1C=C[C@H](C)O. The Bertz CT molecular complexity index is 246. The molecule has 1 heteroatoms. The highest BCUT2D eigenvalue weighted by Gasteiger charge is 2.30. The quantitative estimate of drug-likeness (QED) is 0.669. The van der Waals surface area contributed by atoms with Gasteiger partial charge in [-0.2, -0.15) is 0 Å². The van der Waals surface area contributed by atoms with E-state index in [1.54, 1.807) is 6.92 Å². The van der Waals surface area contributed by atoms with Gasteiger partial charge in [-0.05, 0) is 32.1 Å². The molecular formula is C13H22O. The molecule has 0 spiro atoms. The first-order valence-electron chi connectivity index (χ1n) is 5.46. The maximum atomic E-state index is 9.23. The molecule has 80 valence electrons. The van der Waals surface area contributed by atoms with Crippen LogP contribution in [-0.4, -0.2) is 11.2 Å². The summed E-state index contributed by atoms with van der Waals surface area (Å²) >= 11 is 0. The van der Waals surface area contributed by atoms with Crippen molar-refractivity contribution in [1.82, 2.24) is 0 Å². The zero-order valence-corrected chi connectivity index (χ0v) is 9.75. The molecule has 1 nitrogen and oxygen atoms in total. The first-order valence-corrected chi connectivity index (χ1v) is 5.46. The van der Waals surface area contributed by atoms with Crippen molar-refractivity contribution in [2.24, 2.45) is 11.3 Å². The van der Waals surface area contributed by atoms with Gasteiger partial charge in [0.15, 0.2) is 0 Å². The van der Waals surface area contributed by atoms with Crippen molar-refractivity contribution in [3.05, 3.63) is 23.8 Å². The van der Waals surface area contributed by atoms with Crippen molar-refractivity contribution in [2.45, 2.75) is 46.6 Å². The van der Waals surface area contributed by atoms with Gasteiger partial charge in [0, 0.05) is 5.92 Å². The molecule has 0 aromatic carbocycles. The van der Waals surface area contributed by atoms with Gasteiger partial charge in [0.05, 0.1) is 6.10 Å². The van der Waals surface area contributed by atoms with Crippen molar-refractivity contribution in [3.8, 4) is 0 Å². The van der Waals surface area contributed by atoms with Gasteiger partial charge >= 0.3 is 0 Å². The Balaban J connectivity index is 2.81. The molecule has 1 rings (SSSR count). The van der Waals surface area contributed by atoms with E-state index in [0.717, 1.165) is 0 Å². The molecule has 0 fully saturated rings. The van der Waals surface area contributed by atoms with E-state index in [9.17, 15) is 5.11 Å². The molecular weight excluding hydrogens is 172 g/mol. The summed E-state index contributed by atoms with van der Waals surface area (Å²) in [6, 6.07) is 0. The summed E-state index contributed by atoms with van der Waals surface area (Å²) < 4.78 is 0. The van der Waals surface area contributed by atoms with Crippen molar-refractivity contribution in [1.29, 1.82) is 0 Å². The summed E-state index contributed by atoms with van der Waals surface area (Å²) in [6.07, 6.45) is 8.48. The van der Waals surface area contributed by atoms with Crippen LogP contribution in [0.4, 0.5) is 0 Å². The van der Waals surface area contributed by atoms with Crippen molar-refractivity contribution < 1.29 is 5.11 Å². The minimum atomic E-state index is -0.333. The van der Waals surface area contributed by atoms with Gasteiger partial charge in [0.2, 0.25) is 0 Å². The number of hydrogen-bond donors (Lipinski definition) is 1. The molecule has 0 aromatic heterocycles. The van der Waals surface area contributed by atoms with Gasteiger partial charge in [-0.15, -0.1) is 0 Å². The topological polar surface area (TPSA) is 20.2 Å². The number of hydrogen-bond acceptors (Lipinski definition) is 1. The first kappa shape index (κ1) is 11.5. The third kappa shape index (κ3) is 2.71. The van der Waals surface area contributed by atoms with E-state index in [-0.39, 0.29) is 6.10 Å². The second kappa shape index (κ2) is 4.31. The van der Waals surface area contributed by atoms with Crippen LogP contribution in [0.1, 0.15) is 40.5 Å². The Morgan fingerprint density at radius 3 is 2.71 bits per heavy atom. The van der Waals surface area contributed by atoms with Gasteiger partial charge in [0.1, 0.15) is 0 Å². The predicted molar refractivity (Wildman–Crippen MR) is 61.1 cm³/mol. The highest BCUT2D eigenvalue weighted by Crippen LogP contribution is 2.41. The normalized spacial score (nSPS) is 28.9. The minimum Gasteiger partial charge on any atom is -0.389 e. The Morgan fingerprint density at radius 1 is 1.57 bits per heavy atom. The summed E-state index contributed by atoms with van der Waals surface area (Å²) in [4.78, 5) is 0. The summed E-state index contributed by atoms with van der Waals surface area (Å²) in [7, 11) is 0. The van der Waals surface area contributed by atoms with Crippen molar-refractivity contribution in [2.75, 3.05) is 0 Å². The van der Waals surface area contributed by atoms with Crippen LogP contribution in [0.15, 0.2) is 23.8 Å².